The van der Waals surface area contributed by atoms with E-state index in [0.717, 1.165) is 68.1 Å². The molecule has 20 atom stereocenters. The average Bonchev–Trinajstić information content (AvgIpc) is 3.63. The summed E-state index contributed by atoms with van der Waals surface area (Å²) in [6, 6.07) is 5.30. The Morgan fingerprint density at radius 3 is 1.38 bits per heavy atom. The van der Waals surface area contributed by atoms with Crippen LogP contribution in [-0.4, -0.2) is 48.6 Å². The minimum Gasteiger partial charge on any atom is -0.870 e. The maximum Gasteiger partial charge on any atom is 1.00 e. The van der Waals surface area contributed by atoms with Gasteiger partial charge in [-0.3, -0.25) is 0 Å². The number of ether oxygens (including phenoxy) is 2. The Hall–Kier alpha value is -0.623. The van der Waals surface area contributed by atoms with Crippen LogP contribution in [0.25, 0.3) is 0 Å². The van der Waals surface area contributed by atoms with Crippen molar-refractivity contribution in [3.63, 3.8) is 0 Å². The van der Waals surface area contributed by atoms with Gasteiger partial charge in [0.1, 0.15) is 0 Å². The summed E-state index contributed by atoms with van der Waals surface area (Å²) in [6.45, 7) is 17.2. The molecule has 296 valence electrons. The maximum absolute atomic E-state index is 10.4. The molecule has 0 spiro atoms. The van der Waals surface area contributed by atoms with Crippen molar-refractivity contribution in [3.8, 4) is 12.1 Å². The summed E-state index contributed by atoms with van der Waals surface area (Å²) >= 11 is 0. The van der Waals surface area contributed by atoms with Gasteiger partial charge in [0.15, 0.2) is 0 Å². The zero-order chi connectivity index (χ0) is 36.0. The second-order valence-corrected chi connectivity index (χ2v) is 20.8. The zero-order valence-corrected chi connectivity index (χ0v) is 35.2. The Kier molecular flexibility index (Phi) is 13.9. The summed E-state index contributed by atoms with van der Waals surface area (Å²) in [5, 5.41) is 29.9. The fraction of sp³-hybridized carbons (Fsp3) is 0.956. The van der Waals surface area contributed by atoms with E-state index in [2.05, 4.69) is 60.6 Å². The summed E-state index contributed by atoms with van der Waals surface area (Å²) in [6.07, 6.45) is 17.5. The molecule has 4 N–H and O–H groups in total. The quantitative estimate of drug-likeness (QED) is 0.341. The van der Waals surface area contributed by atoms with E-state index in [1.165, 1.54) is 51.4 Å². The number of rotatable bonds is 2. The van der Waals surface area contributed by atoms with Crippen molar-refractivity contribution in [1.29, 1.82) is 10.5 Å². The van der Waals surface area contributed by atoms with E-state index >= 15 is 0 Å². The molecule has 0 aromatic heterocycles. The first-order valence-corrected chi connectivity index (χ1v) is 21.3. The van der Waals surface area contributed by atoms with Crippen LogP contribution in [0.4, 0.5) is 0 Å². The van der Waals surface area contributed by atoms with Crippen molar-refractivity contribution in [2.45, 2.75) is 157 Å². The number of hydrogen-bond acceptors (Lipinski definition) is 6. The van der Waals surface area contributed by atoms with E-state index in [1.807, 2.05) is 14.2 Å². The summed E-state index contributed by atoms with van der Waals surface area (Å²) in [7, 11) is 3.82. The SMILES string of the molecule is CO[C@H]1C[C@]2(C)[C@@H](C#N)CC[C@H]2[C@@H]2CC[C@H]3[C@@H](C)[C@H](C)CC[C@]3(C)[C@H]21.CO[C@H]1C[C@]2(C)[C@@H](C#N)CC[C@H]2[C@@H]2CC[C@H]3[C@@H](C)[C@H](O)CC[C@]3(C)[C@H]21.O.[Li+].[OH-]. The number of fused-ring (bicyclic) bond motifs is 10. The van der Waals surface area contributed by atoms with Gasteiger partial charge in [-0.1, -0.05) is 48.5 Å². The molecule has 0 aromatic carbocycles. The van der Waals surface area contributed by atoms with Crippen LogP contribution >= 0.6 is 0 Å². The molecule has 8 saturated carbocycles. The summed E-state index contributed by atoms with van der Waals surface area (Å²) in [4.78, 5) is 0. The van der Waals surface area contributed by atoms with Crippen molar-refractivity contribution in [2.24, 2.45) is 98.6 Å². The van der Waals surface area contributed by atoms with Gasteiger partial charge in [0.2, 0.25) is 0 Å². The summed E-state index contributed by atoms with van der Waals surface area (Å²) in [5.41, 5.74) is 1.06. The zero-order valence-electron chi connectivity index (χ0n) is 35.2. The van der Waals surface area contributed by atoms with Crippen LogP contribution in [0.15, 0.2) is 0 Å². The van der Waals surface area contributed by atoms with E-state index in [4.69, 9.17) is 9.47 Å². The largest absolute Gasteiger partial charge is 1.00 e. The van der Waals surface area contributed by atoms with Gasteiger partial charge in [-0.2, -0.15) is 10.5 Å². The van der Waals surface area contributed by atoms with Gasteiger partial charge in [0.05, 0.1) is 42.3 Å². The normalized spacial score (nSPS) is 54.6. The smallest absolute Gasteiger partial charge is 0.870 e. The van der Waals surface area contributed by atoms with E-state index in [9.17, 15) is 15.6 Å². The molecule has 8 heteroatoms. The van der Waals surface area contributed by atoms with Gasteiger partial charge in [0, 0.05) is 14.2 Å². The van der Waals surface area contributed by atoms with Crippen molar-refractivity contribution >= 4 is 0 Å². The third kappa shape index (κ3) is 6.64. The van der Waals surface area contributed by atoms with Gasteiger partial charge >= 0.3 is 18.9 Å². The molecule has 0 saturated heterocycles. The van der Waals surface area contributed by atoms with Crippen LogP contribution in [0.5, 0.6) is 0 Å². The number of nitriles is 2. The molecular formula is C45H75LiN2O5. The summed E-state index contributed by atoms with van der Waals surface area (Å²) in [5.74, 6) is 8.29. The predicted molar refractivity (Wildman–Crippen MR) is 204 cm³/mol. The van der Waals surface area contributed by atoms with Gasteiger partial charge in [-0.15, -0.1) is 0 Å². The Balaban J connectivity index is 0.000000224. The summed E-state index contributed by atoms with van der Waals surface area (Å²) < 4.78 is 12.3. The molecule has 0 amide bonds. The molecule has 8 aliphatic rings. The van der Waals surface area contributed by atoms with Crippen molar-refractivity contribution in [3.05, 3.63) is 0 Å². The van der Waals surface area contributed by atoms with Crippen LogP contribution in [0.1, 0.15) is 138 Å². The van der Waals surface area contributed by atoms with Gasteiger partial charge in [0.25, 0.3) is 0 Å². The molecule has 8 fully saturated rings. The van der Waals surface area contributed by atoms with Gasteiger partial charge < -0.3 is 25.5 Å². The van der Waals surface area contributed by atoms with E-state index < -0.39 is 0 Å². The average molecular weight is 731 g/mol. The third-order valence-electron chi connectivity index (χ3n) is 19.5. The van der Waals surface area contributed by atoms with Crippen LogP contribution in [0.3, 0.4) is 0 Å². The molecule has 53 heavy (non-hydrogen) atoms. The maximum atomic E-state index is 10.4. The van der Waals surface area contributed by atoms with Gasteiger partial charge in [-0.25, -0.2) is 0 Å². The Morgan fingerprint density at radius 2 is 0.962 bits per heavy atom. The molecule has 0 aliphatic heterocycles. The second kappa shape index (κ2) is 16.3. The Labute approximate surface area is 335 Å². The van der Waals surface area contributed by atoms with E-state index in [-0.39, 0.29) is 70.1 Å². The first-order valence-electron chi connectivity index (χ1n) is 21.3. The standard InChI is InChI=1S/C23H37NO.C22H35NO2.Li.2H2O/c1-14-10-11-22(3)18(15(14)2)9-7-17-19-8-6-16(13-24)23(19,4)12-20(25-5)21(17)22;1-13-16-8-6-15-17-7-5-14(12-23)22(17,3)11-19(25-4)20(15)21(16,2)10-9-18(13)24;;;/h14-21H,6-12H2,1-5H3;13-20,24H,5-11H2,1-4H3;;2*1H2/q;;+1;;/p-1/t14-,15+,16-,17+,18+,19+,20+,21-,22+,23-;13-,14-,15+,16+,17+,18-,19+,20-,21+,22-;;;/m11.../s1. The fourth-order valence-corrected chi connectivity index (χ4v) is 16.7. The molecule has 8 rings (SSSR count). The number of methoxy groups -OCH3 is 2. The Bertz CT molecular complexity index is 1250. The van der Waals surface area contributed by atoms with Crippen molar-refractivity contribution in [2.75, 3.05) is 14.2 Å². The van der Waals surface area contributed by atoms with E-state index in [1.54, 1.807) is 0 Å². The number of aliphatic hydroxyl groups is 1. The van der Waals surface area contributed by atoms with E-state index in [0.29, 0.717) is 47.0 Å². The van der Waals surface area contributed by atoms with Crippen LogP contribution in [0, 0.1) is 121 Å². The Morgan fingerprint density at radius 1 is 0.566 bits per heavy atom. The molecule has 0 radical (unpaired) electrons. The van der Waals surface area contributed by atoms with Crippen molar-refractivity contribution < 1.29 is 44.4 Å². The number of nitrogens with zero attached hydrogens (tertiary/aromatic N) is 2. The van der Waals surface area contributed by atoms with Crippen molar-refractivity contribution in [1.82, 2.24) is 0 Å². The molecule has 0 unspecified atom stereocenters. The fourth-order valence-electron chi connectivity index (χ4n) is 16.7. The molecular weight excluding hydrogens is 655 g/mol. The molecule has 0 heterocycles. The first kappa shape index (κ1) is 45.1. The van der Waals surface area contributed by atoms with Crippen LogP contribution < -0.4 is 18.9 Å². The third-order valence-corrected chi connectivity index (χ3v) is 19.5. The first-order chi connectivity index (χ1) is 23.7. The molecule has 7 nitrogen and oxygen atoms in total. The molecule has 8 aliphatic carbocycles. The molecule has 0 bridgehead atoms. The number of hydrogen-bond donors (Lipinski definition) is 1. The van der Waals surface area contributed by atoms with Crippen LogP contribution in [0.2, 0.25) is 0 Å². The van der Waals surface area contributed by atoms with Gasteiger partial charge in [-0.05, 0) is 177 Å². The van der Waals surface area contributed by atoms with Crippen LogP contribution in [-0.2, 0) is 9.47 Å². The minimum absolute atomic E-state index is 0. The minimum atomic E-state index is -0.126. The molecule has 0 aromatic rings. The number of aliphatic hydroxyl groups excluding tert-OH is 1. The topological polar surface area (TPSA) is 148 Å². The predicted octanol–water partition coefficient (Wildman–Crippen LogP) is 6.08. The monoisotopic (exact) mass is 731 g/mol. The second-order valence-electron chi connectivity index (χ2n) is 20.8.